The zero-order valence-corrected chi connectivity index (χ0v) is 14.2. The van der Waals surface area contributed by atoms with Gasteiger partial charge in [0.15, 0.2) is 0 Å². The average molecular weight is 370 g/mol. The molecule has 6 nitrogen and oxygen atoms in total. The fourth-order valence-corrected chi connectivity index (χ4v) is 2.49. The number of aromatic nitrogens is 2. The zero-order valence-electron chi connectivity index (χ0n) is 14.2. The van der Waals surface area contributed by atoms with Gasteiger partial charge in [0.1, 0.15) is 11.6 Å². The Morgan fingerprint density at radius 2 is 1.96 bits per heavy atom. The van der Waals surface area contributed by atoms with E-state index in [4.69, 9.17) is 5.73 Å². The zero-order chi connectivity index (χ0) is 19.4. The molecule has 2 heterocycles. The van der Waals surface area contributed by atoms with Crippen LogP contribution in [0.5, 0.6) is 0 Å². The summed E-state index contributed by atoms with van der Waals surface area (Å²) in [6.07, 6.45) is 4.36. The van der Waals surface area contributed by atoms with E-state index in [1.165, 1.54) is 35.2 Å². The number of nitrogens with two attached hydrogens (primary N) is 1. The lowest BCUT2D eigenvalue weighted by Crippen LogP contribution is -2.21. The minimum absolute atomic E-state index is 0.0983. The molecule has 0 atom stereocenters. The van der Waals surface area contributed by atoms with E-state index in [9.17, 15) is 18.4 Å². The van der Waals surface area contributed by atoms with E-state index in [0.717, 1.165) is 12.1 Å². The summed E-state index contributed by atoms with van der Waals surface area (Å²) in [4.78, 5) is 28.3. The van der Waals surface area contributed by atoms with E-state index < -0.39 is 17.5 Å². The van der Waals surface area contributed by atoms with Crippen molar-refractivity contribution in [2.24, 2.45) is 5.73 Å². The molecule has 0 spiro atoms. The van der Waals surface area contributed by atoms with E-state index in [1.54, 1.807) is 12.3 Å². The molecular weight excluding hydrogens is 354 g/mol. The van der Waals surface area contributed by atoms with E-state index in [1.807, 2.05) is 0 Å². The van der Waals surface area contributed by atoms with Crippen LogP contribution in [0.3, 0.4) is 0 Å². The largest absolute Gasteiger partial charge is 0.326 e. The Labute approximate surface area is 153 Å². The lowest BCUT2D eigenvalue weighted by Gasteiger charge is -2.11. The molecule has 3 rings (SSSR count). The van der Waals surface area contributed by atoms with Crippen LogP contribution in [-0.4, -0.2) is 15.5 Å². The van der Waals surface area contributed by atoms with Crippen molar-refractivity contribution in [2.75, 3.05) is 5.32 Å². The van der Waals surface area contributed by atoms with Crippen LogP contribution in [0.1, 0.15) is 21.5 Å². The molecule has 3 N–H and O–H groups in total. The first kappa shape index (κ1) is 18.4. The second-order valence-electron chi connectivity index (χ2n) is 5.86. The highest BCUT2D eigenvalue weighted by atomic mass is 19.1. The molecule has 0 bridgehead atoms. The third-order valence-electron chi connectivity index (χ3n) is 3.89. The van der Waals surface area contributed by atoms with E-state index in [-0.39, 0.29) is 24.2 Å². The minimum atomic E-state index is -0.749. The second-order valence-corrected chi connectivity index (χ2v) is 5.86. The Kier molecular flexibility index (Phi) is 5.37. The number of nitrogens with one attached hydrogen (secondary N) is 1. The lowest BCUT2D eigenvalue weighted by molar-refractivity contribution is 0.102. The molecule has 0 aliphatic carbocycles. The molecule has 3 aromatic rings. The molecule has 27 heavy (non-hydrogen) atoms. The van der Waals surface area contributed by atoms with E-state index >= 15 is 0 Å². The Morgan fingerprint density at radius 1 is 1.15 bits per heavy atom. The van der Waals surface area contributed by atoms with Crippen LogP contribution >= 0.6 is 0 Å². The van der Waals surface area contributed by atoms with Crippen molar-refractivity contribution < 1.29 is 13.6 Å². The van der Waals surface area contributed by atoms with Crippen LogP contribution in [0.2, 0.25) is 0 Å². The number of benzene rings is 1. The molecule has 8 heteroatoms. The first-order valence-corrected chi connectivity index (χ1v) is 8.06. The number of halogens is 2. The van der Waals surface area contributed by atoms with Crippen LogP contribution in [0.25, 0.3) is 0 Å². The van der Waals surface area contributed by atoms with Gasteiger partial charge in [0, 0.05) is 42.8 Å². The molecule has 0 aliphatic heterocycles. The summed E-state index contributed by atoms with van der Waals surface area (Å²) in [5.41, 5.74) is 6.68. The molecule has 0 fully saturated rings. The van der Waals surface area contributed by atoms with Gasteiger partial charge in [-0.1, -0.05) is 6.07 Å². The fraction of sp³-hybridized carbons (Fsp3) is 0.105. The number of amides is 1. The average Bonchev–Trinajstić information content (AvgIpc) is 2.66. The molecule has 0 saturated heterocycles. The highest BCUT2D eigenvalue weighted by Gasteiger charge is 2.10. The SMILES string of the molecule is NCc1cncc(C(=O)Nc2ccc(=O)n(Cc3ccc(F)cc3F)c2)c1. The van der Waals surface area contributed by atoms with E-state index in [2.05, 4.69) is 10.3 Å². The van der Waals surface area contributed by atoms with Gasteiger partial charge in [-0.2, -0.15) is 0 Å². The molecular formula is C19H16F2N4O2. The number of nitrogens with zero attached hydrogens (tertiary/aromatic N) is 2. The summed E-state index contributed by atoms with van der Waals surface area (Å²) in [7, 11) is 0. The Balaban J connectivity index is 1.82. The van der Waals surface area contributed by atoms with Crippen LogP contribution < -0.4 is 16.6 Å². The van der Waals surface area contributed by atoms with Gasteiger partial charge < -0.3 is 15.6 Å². The van der Waals surface area contributed by atoms with Crippen molar-refractivity contribution in [3.05, 3.63) is 93.7 Å². The predicted molar refractivity (Wildman–Crippen MR) is 96.2 cm³/mol. The molecule has 0 aliphatic rings. The standard InChI is InChI=1S/C19H16F2N4O2/c20-15-2-1-13(17(21)6-15)10-25-11-16(3-4-18(25)26)24-19(27)14-5-12(7-22)8-23-9-14/h1-6,8-9,11H,7,10,22H2,(H,24,27). The van der Waals surface area contributed by atoms with Gasteiger partial charge in [-0.15, -0.1) is 0 Å². The topological polar surface area (TPSA) is 90.0 Å². The van der Waals surface area contributed by atoms with Crippen LogP contribution in [0.4, 0.5) is 14.5 Å². The van der Waals surface area contributed by atoms with Gasteiger partial charge in [0.25, 0.3) is 11.5 Å². The number of pyridine rings is 2. The predicted octanol–water partition coefficient (Wildman–Crippen LogP) is 2.28. The van der Waals surface area contributed by atoms with Crippen LogP contribution in [0, 0.1) is 11.6 Å². The highest BCUT2D eigenvalue weighted by molar-refractivity contribution is 6.04. The maximum absolute atomic E-state index is 13.8. The number of hydrogen-bond donors (Lipinski definition) is 2. The molecule has 0 radical (unpaired) electrons. The molecule has 0 saturated carbocycles. The smallest absolute Gasteiger partial charge is 0.257 e. The number of carbonyl (C=O) groups is 1. The van der Waals surface area contributed by atoms with Gasteiger partial charge in [0.05, 0.1) is 17.8 Å². The van der Waals surface area contributed by atoms with Crippen LogP contribution in [-0.2, 0) is 13.1 Å². The Bertz CT molecular complexity index is 1050. The number of carbonyl (C=O) groups excluding carboxylic acids is 1. The van der Waals surface area contributed by atoms with Crippen molar-refractivity contribution in [1.82, 2.24) is 9.55 Å². The second kappa shape index (κ2) is 7.88. The van der Waals surface area contributed by atoms with Gasteiger partial charge in [0.2, 0.25) is 0 Å². The molecule has 138 valence electrons. The minimum Gasteiger partial charge on any atom is -0.326 e. The summed E-state index contributed by atoms with van der Waals surface area (Å²) in [5.74, 6) is -1.87. The summed E-state index contributed by atoms with van der Waals surface area (Å²) < 4.78 is 28.1. The summed E-state index contributed by atoms with van der Waals surface area (Å²) in [6, 6.07) is 7.46. The molecule has 0 unspecified atom stereocenters. The summed E-state index contributed by atoms with van der Waals surface area (Å²) in [5, 5.41) is 2.65. The van der Waals surface area contributed by atoms with Crippen molar-refractivity contribution in [3.63, 3.8) is 0 Å². The molecule has 1 aromatic carbocycles. The van der Waals surface area contributed by atoms with E-state index in [0.29, 0.717) is 16.8 Å². The maximum Gasteiger partial charge on any atom is 0.257 e. The van der Waals surface area contributed by atoms with Crippen molar-refractivity contribution in [3.8, 4) is 0 Å². The first-order valence-electron chi connectivity index (χ1n) is 8.06. The molecule has 1 amide bonds. The Hall–Kier alpha value is -3.39. The first-order chi connectivity index (χ1) is 13.0. The third kappa shape index (κ3) is 4.42. The highest BCUT2D eigenvalue weighted by Crippen LogP contribution is 2.13. The van der Waals surface area contributed by atoms with Crippen molar-refractivity contribution in [2.45, 2.75) is 13.1 Å². The van der Waals surface area contributed by atoms with Crippen molar-refractivity contribution in [1.29, 1.82) is 0 Å². The number of anilines is 1. The lowest BCUT2D eigenvalue weighted by atomic mass is 10.2. The summed E-state index contributed by atoms with van der Waals surface area (Å²) >= 11 is 0. The quantitative estimate of drug-likeness (QED) is 0.721. The number of rotatable bonds is 5. The van der Waals surface area contributed by atoms with Gasteiger partial charge in [-0.3, -0.25) is 14.6 Å². The van der Waals surface area contributed by atoms with Crippen molar-refractivity contribution >= 4 is 11.6 Å². The van der Waals surface area contributed by atoms with Gasteiger partial charge in [-0.25, -0.2) is 8.78 Å². The fourth-order valence-electron chi connectivity index (χ4n) is 2.49. The monoisotopic (exact) mass is 370 g/mol. The maximum atomic E-state index is 13.8. The van der Waals surface area contributed by atoms with Crippen LogP contribution in [0.15, 0.2) is 59.8 Å². The normalized spacial score (nSPS) is 10.6. The molecule has 2 aromatic heterocycles. The Morgan fingerprint density at radius 3 is 2.70 bits per heavy atom. The number of hydrogen-bond acceptors (Lipinski definition) is 4. The third-order valence-corrected chi connectivity index (χ3v) is 3.89. The van der Waals surface area contributed by atoms with Gasteiger partial charge in [-0.05, 0) is 23.8 Å². The summed E-state index contributed by atoms with van der Waals surface area (Å²) in [6.45, 7) is 0.154. The van der Waals surface area contributed by atoms with Gasteiger partial charge >= 0.3 is 0 Å².